The molecule has 1 saturated heterocycles. The lowest BCUT2D eigenvalue weighted by Gasteiger charge is -2.23. The highest BCUT2D eigenvalue weighted by atomic mass is 19.1. The molecule has 0 aliphatic carbocycles. The number of fused-ring (bicyclic) bond motifs is 1. The van der Waals surface area contributed by atoms with Crippen LogP contribution in [0.5, 0.6) is 0 Å². The highest BCUT2D eigenvalue weighted by Crippen LogP contribution is 2.29. The summed E-state index contributed by atoms with van der Waals surface area (Å²) in [5.41, 5.74) is 2.77. The molecule has 2 aromatic carbocycles. The van der Waals surface area contributed by atoms with Crippen LogP contribution in [0.3, 0.4) is 0 Å². The molecule has 152 valence electrons. The molecule has 1 unspecified atom stereocenters. The summed E-state index contributed by atoms with van der Waals surface area (Å²) in [5, 5.41) is 5.51. The normalized spacial score (nSPS) is 16.5. The summed E-state index contributed by atoms with van der Waals surface area (Å²) in [7, 11) is 1.79. The predicted octanol–water partition coefficient (Wildman–Crippen LogP) is 4.82. The third-order valence-electron chi connectivity index (χ3n) is 5.74. The van der Waals surface area contributed by atoms with Crippen molar-refractivity contribution in [3.05, 3.63) is 78.1 Å². The second-order valence-electron chi connectivity index (χ2n) is 7.82. The average molecular weight is 403 g/mol. The second-order valence-corrected chi connectivity index (χ2v) is 7.82. The number of benzene rings is 2. The second kappa shape index (κ2) is 7.44. The molecule has 5 nitrogen and oxygen atoms in total. The molecule has 5 rings (SSSR count). The van der Waals surface area contributed by atoms with Gasteiger partial charge in [0.25, 0.3) is 5.91 Å². The Morgan fingerprint density at radius 1 is 1.20 bits per heavy atom. The summed E-state index contributed by atoms with van der Waals surface area (Å²) in [6, 6.07) is 16.2. The van der Waals surface area contributed by atoms with Gasteiger partial charge in [-0.2, -0.15) is 5.10 Å². The van der Waals surface area contributed by atoms with E-state index >= 15 is 0 Å². The molecule has 3 heterocycles. The van der Waals surface area contributed by atoms with Crippen molar-refractivity contribution >= 4 is 16.9 Å². The van der Waals surface area contributed by atoms with Crippen LogP contribution >= 0.6 is 0 Å². The molecule has 1 aliphatic rings. The molecule has 1 amide bonds. The fourth-order valence-corrected chi connectivity index (χ4v) is 4.31. The summed E-state index contributed by atoms with van der Waals surface area (Å²) in [6.45, 7) is 0.698. The standard InChI is InChI=1S/C24H22FN3O2/c1-27-15-21(16-8-10-18(25)11-9-16)23(26-27)24(29)28-12-4-6-19(28)14-20-13-17-5-2-3-7-22(17)30-20/h2-3,5,7-11,13,15,19H,4,6,12,14H2,1H3. The Kier molecular flexibility index (Phi) is 4.62. The van der Waals surface area contributed by atoms with E-state index in [4.69, 9.17) is 4.42 Å². The maximum Gasteiger partial charge on any atom is 0.275 e. The minimum absolute atomic E-state index is 0.0705. The van der Waals surface area contributed by atoms with Crippen LogP contribution in [0.25, 0.3) is 22.1 Å². The van der Waals surface area contributed by atoms with E-state index in [1.807, 2.05) is 35.4 Å². The summed E-state index contributed by atoms with van der Waals surface area (Å²) in [4.78, 5) is 15.3. The number of hydrogen-bond donors (Lipinski definition) is 0. The lowest BCUT2D eigenvalue weighted by atomic mass is 10.0. The first kappa shape index (κ1) is 18.6. The van der Waals surface area contributed by atoms with Crippen molar-refractivity contribution in [2.45, 2.75) is 25.3 Å². The van der Waals surface area contributed by atoms with Crippen LogP contribution in [0, 0.1) is 5.82 Å². The molecule has 0 bridgehead atoms. The van der Waals surface area contributed by atoms with E-state index in [-0.39, 0.29) is 17.8 Å². The molecular weight excluding hydrogens is 381 g/mol. The fraction of sp³-hybridized carbons (Fsp3) is 0.250. The smallest absolute Gasteiger partial charge is 0.275 e. The number of furan rings is 1. The zero-order valence-electron chi connectivity index (χ0n) is 16.7. The first-order valence-corrected chi connectivity index (χ1v) is 10.2. The van der Waals surface area contributed by atoms with Crippen LogP contribution in [0.2, 0.25) is 0 Å². The Bertz CT molecular complexity index is 1180. The van der Waals surface area contributed by atoms with Gasteiger partial charge in [-0.25, -0.2) is 4.39 Å². The summed E-state index contributed by atoms with van der Waals surface area (Å²) in [5.74, 6) is 0.496. The number of amides is 1. The van der Waals surface area contributed by atoms with Gasteiger partial charge in [0.1, 0.15) is 17.2 Å². The number of carbonyl (C=O) groups is 1. The van der Waals surface area contributed by atoms with Crippen molar-refractivity contribution in [2.75, 3.05) is 6.54 Å². The number of aromatic nitrogens is 2. The van der Waals surface area contributed by atoms with Crippen LogP contribution in [-0.4, -0.2) is 33.2 Å². The molecule has 2 aromatic heterocycles. The lowest BCUT2D eigenvalue weighted by molar-refractivity contribution is 0.0727. The zero-order valence-corrected chi connectivity index (χ0v) is 16.7. The Labute approximate surface area is 173 Å². The predicted molar refractivity (Wildman–Crippen MR) is 113 cm³/mol. The van der Waals surface area contributed by atoms with Crippen molar-refractivity contribution in [1.29, 1.82) is 0 Å². The van der Waals surface area contributed by atoms with Gasteiger partial charge in [-0.05, 0) is 42.7 Å². The van der Waals surface area contributed by atoms with Gasteiger partial charge in [-0.15, -0.1) is 0 Å². The van der Waals surface area contributed by atoms with Gasteiger partial charge < -0.3 is 9.32 Å². The van der Waals surface area contributed by atoms with Gasteiger partial charge in [0.05, 0.1) is 0 Å². The number of carbonyl (C=O) groups excluding carboxylic acids is 1. The third kappa shape index (κ3) is 3.38. The summed E-state index contributed by atoms with van der Waals surface area (Å²) in [6.07, 6.45) is 4.38. The number of halogens is 1. The van der Waals surface area contributed by atoms with Crippen molar-refractivity contribution < 1.29 is 13.6 Å². The van der Waals surface area contributed by atoms with Gasteiger partial charge in [-0.1, -0.05) is 30.3 Å². The number of aryl methyl sites for hydroxylation is 1. The molecule has 1 aliphatic heterocycles. The maximum absolute atomic E-state index is 13.4. The van der Waals surface area contributed by atoms with Crippen molar-refractivity contribution in [1.82, 2.24) is 14.7 Å². The van der Waals surface area contributed by atoms with E-state index in [9.17, 15) is 9.18 Å². The van der Waals surface area contributed by atoms with Gasteiger partial charge >= 0.3 is 0 Å². The Balaban J connectivity index is 1.42. The third-order valence-corrected chi connectivity index (χ3v) is 5.74. The van der Waals surface area contributed by atoms with Gasteiger partial charge in [0.15, 0.2) is 5.69 Å². The van der Waals surface area contributed by atoms with E-state index in [2.05, 4.69) is 11.2 Å². The maximum atomic E-state index is 13.4. The SMILES string of the molecule is Cn1cc(-c2ccc(F)cc2)c(C(=O)N2CCCC2Cc2cc3ccccc3o2)n1. The molecule has 0 N–H and O–H groups in total. The summed E-state index contributed by atoms with van der Waals surface area (Å²) < 4.78 is 21.0. The minimum atomic E-state index is -0.305. The quantitative estimate of drug-likeness (QED) is 0.491. The molecule has 1 fully saturated rings. The molecule has 0 saturated carbocycles. The monoisotopic (exact) mass is 403 g/mol. The van der Waals surface area contributed by atoms with E-state index in [0.29, 0.717) is 18.7 Å². The van der Waals surface area contributed by atoms with Crippen LogP contribution in [-0.2, 0) is 13.5 Å². The van der Waals surface area contributed by atoms with E-state index in [1.54, 1.807) is 23.9 Å². The molecular formula is C24H22FN3O2. The highest BCUT2D eigenvalue weighted by molar-refractivity contribution is 5.99. The van der Waals surface area contributed by atoms with Crippen molar-refractivity contribution in [2.24, 2.45) is 7.05 Å². The van der Waals surface area contributed by atoms with Crippen molar-refractivity contribution in [3.8, 4) is 11.1 Å². The van der Waals surface area contributed by atoms with Crippen LogP contribution < -0.4 is 0 Å². The molecule has 30 heavy (non-hydrogen) atoms. The molecule has 4 aromatic rings. The molecule has 0 radical (unpaired) electrons. The number of para-hydroxylation sites is 1. The topological polar surface area (TPSA) is 51.3 Å². The highest BCUT2D eigenvalue weighted by Gasteiger charge is 2.33. The van der Waals surface area contributed by atoms with Gasteiger partial charge in [-0.3, -0.25) is 9.48 Å². The molecule has 6 heteroatoms. The number of rotatable bonds is 4. The Hall–Kier alpha value is -3.41. The fourth-order valence-electron chi connectivity index (χ4n) is 4.31. The Morgan fingerprint density at radius 2 is 2.00 bits per heavy atom. The minimum Gasteiger partial charge on any atom is -0.461 e. The first-order chi connectivity index (χ1) is 14.6. The van der Waals surface area contributed by atoms with Gasteiger partial charge in [0, 0.05) is 43.2 Å². The number of nitrogens with zero attached hydrogens (tertiary/aromatic N) is 3. The largest absolute Gasteiger partial charge is 0.461 e. The lowest BCUT2D eigenvalue weighted by Crippen LogP contribution is -2.37. The van der Waals surface area contributed by atoms with E-state index in [0.717, 1.165) is 40.7 Å². The van der Waals surface area contributed by atoms with Crippen LogP contribution in [0.1, 0.15) is 29.1 Å². The van der Waals surface area contributed by atoms with E-state index < -0.39 is 0 Å². The van der Waals surface area contributed by atoms with E-state index in [1.165, 1.54) is 12.1 Å². The summed E-state index contributed by atoms with van der Waals surface area (Å²) >= 11 is 0. The molecule has 1 atom stereocenters. The Morgan fingerprint density at radius 3 is 2.80 bits per heavy atom. The van der Waals surface area contributed by atoms with Crippen LogP contribution in [0.15, 0.2) is 65.2 Å². The number of hydrogen-bond acceptors (Lipinski definition) is 3. The van der Waals surface area contributed by atoms with Crippen LogP contribution in [0.4, 0.5) is 4.39 Å². The molecule has 0 spiro atoms. The van der Waals surface area contributed by atoms with Crippen molar-refractivity contribution in [3.63, 3.8) is 0 Å². The zero-order chi connectivity index (χ0) is 20.7. The van der Waals surface area contributed by atoms with Gasteiger partial charge in [0.2, 0.25) is 0 Å². The first-order valence-electron chi connectivity index (χ1n) is 10.2. The average Bonchev–Trinajstić information content (AvgIpc) is 3.46. The number of likely N-dealkylation sites (tertiary alicyclic amines) is 1.